The minimum Gasteiger partial charge on any atom is -0.382 e. The molecule has 0 aliphatic carbocycles. The topological polar surface area (TPSA) is 44.5 Å². The molecule has 0 aliphatic heterocycles. The van der Waals surface area contributed by atoms with Gasteiger partial charge < -0.3 is 15.2 Å². The Bertz CT molecular complexity index is 363. The maximum absolute atomic E-state index is 13.1. The molecule has 2 N–H and O–H groups in total. The molecule has 0 bridgehead atoms. The van der Waals surface area contributed by atoms with Crippen LogP contribution in [0.1, 0.15) is 12.0 Å². The van der Waals surface area contributed by atoms with Crippen LogP contribution in [0.4, 0.5) is 4.39 Å². The second kappa shape index (κ2) is 8.43. The van der Waals surface area contributed by atoms with Gasteiger partial charge in [0, 0.05) is 24.8 Å². The van der Waals surface area contributed by atoms with E-state index in [1.54, 1.807) is 13.2 Å². The van der Waals surface area contributed by atoms with E-state index in [0.717, 1.165) is 5.56 Å². The largest absolute Gasteiger partial charge is 0.382 e. The molecule has 1 rings (SSSR count). The van der Waals surface area contributed by atoms with Gasteiger partial charge in [0.05, 0.1) is 13.2 Å². The van der Waals surface area contributed by atoms with Crippen molar-refractivity contribution in [1.82, 2.24) is 0 Å². The number of hydrogen-bond donors (Lipinski definition) is 1. The Morgan fingerprint density at radius 3 is 2.83 bits per heavy atom. The average Bonchev–Trinajstić information content (AvgIpc) is 2.33. The van der Waals surface area contributed by atoms with Crippen molar-refractivity contribution in [2.45, 2.75) is 18.9 Å². The molecular formula is C13H19ClFNO2. The number of benzene rings is 1. The zero-order valence-corrected chi connectivity index (χ0v) is 11.3. The fourth-order valence-electron chi connectivity index (χ4n) is 1.56. The lowest BCUT2D eigenvalue weighted by atomic mass is 10.0. The van der Waals surface area contributed by atoms with Gasteiger partial charge in [-0.2, -0.15) is 0 Å². The quantitative estimate of drug-likeness (QED) is 0.741. The van der Waals surface area contributed by atoms with Gasteiger partial charge in [-0.25, -0.2) is 4.39 Å². The maximum Gasteiger partial charge on any atom is 0.123 e. The Balaban J connectivity index is 2.30. The smallest absolute Gasteiger partial charge is 0.123 e. The van der Waals surface area contributed by atoms with E-state index >= 15 is 0 Å². The molecule has 0 amide bonds. The summed E-state index contributed by atoms with van der Waals surface area (Å²) in [5, 5.41) is 0.548. The van der Waals surface area contributed by atoms with E-state index in [1.807, 2.05) is 0 Å². The Morgan fingerprint density at radius 1 is 1.33 bits per heavy atom. The first kappa shape index (κ1) is 15.4. The number of nitrogens with two attached hydrogens (primary N) is 1. The molecule has 102 valence electrons. The molecule has 0 aromatic heterocycles. The van der Waals surface area contributed by atoms with Gasteiger partial charge in [0.15, 0.2) is 0 Å². The van der Waals surface area contributed by atoms with Crippen LogP contribution in [0.3, 0.4) is 0 Å². The van der Waals surface area contributed by atoms with Crippen LogP contribution in [0.15, 0.2) is 18.2 Å². The monoisotopic (exact) mass is 275 g/mol. The second-order valence-corrected chi connectivity index (χ2v) is 4.50. The second-order valence-electron chi connectivity index (χ2n) is 4.09. The summed E-state index contributed by atoms with van der Waals surface area (Å²) in [5.41, 5.74) is 6.68. The average molecular weight is 276 g/mol. The van der Waals surface area contributed by atoms with Crippen molar-refractivity contribution in [2.75, 3.05) is 26.9 Å². The van der Waals surface area contributed by atoms with Crippen LogP contribution in [0, 0.1) is 5.82 Å². The molecule has 0 spiro atoms. The number of hydrogen-bond acceptors (Lipinski definition) is 3. The number of rotatable bonds is 8. The van der Waals surface area contributed by atoms with Crippen molar-refractivity contribution >= 4 is 11.6 Å². The van der Waals surface area contributed by atoms with E-state index in [1.165, 1.54) is 12.1 Å². The Kier molecular flexibility index (Phi) is 7.20. The van der Waals surface area contributed by atoms with Gasteiger partial charge >= 0.3 is 0 Å². The first-order valence-corrected chi connectivity index (χ1v) is 6.27. The van der Waals surface area contributed by atoms with Crippen molar-refractivity contribution in [2.24, 2.45) is 5.73 Å². The molecule has 0 fully saturated rings. The van der Waals surface area contributed by atoms with Gasteiger partial charge in [0.2, 0.25) is 0 Å². The van der Waals surface area contributed by atoms with Gasteiger partial charge in [-0.3, -0.25) is 0 Å². The predicted octanol–water partition coefficient (Wildman–Crippen LogP) is 2.40. The summed E-state index contributed by atoms with van der Waals surface area (Å²) in [7, 11) is 1.63. The third kappa shape index (κ3) is 5.78. The molecule has 0 radical (unpaired) electrons. The number of ether oxygens (including phenoxy) is 2. The van der Waals surface area contributed by atoms with Gasteiger partial charge in [-0.1, -0.05) is 11.6 Å². The van der Waals surface area contributed by atoms with E-state index in [2.05, 4.69) is 0 Å². The summed E-state index contributed by atoms with van der Waals surface area (Å²) in [6.45, 7) is 1.70. The van der Waals surface area contributed by atoms with Gasteiger partial charge in [-0.05, 0) is 36.6 Å². The SMILES string of the molecule is COCCOCCC(N)Cc1cc(F)ccc1Cl. The molecule has 0 aliphatic rings. The van der Waals surface area contributed by atoms with Crippen LogP contribution < -0.4 is 5.73 Å². The fraction of sp³-hybridized carbons (Fsp3) is 0.538. The van der Waals surface area contributed by atoms with Crippen molar-refractivity contribution in [3.05, 3.63) is 34.6 Å². The van der Waals surface area contributed by atoms with Gasteiger partial charge in [0.25, 0.3) is 0 Å². The molecule has 5 heteroatoms. The first-order valence-electron chi connectivity index (χ1n) is 5.89. The summed E-state index contributed by atoms with van der Waals surface area (Å²) < 4.78 is 23.2. The maximum atomic E-state index is 13.1. The summed E-state index contributed by atoms with van der Waals surface area (Å²) in [5.74, 6) is -0.294. The highest BCUT2D eigenvalue weighted by atomic mass is 35.5. The van der Waals surface area contributed by atoms with Gasteiger partial charge in [0.1, 0.15) is 5.82 Å². The Hall–Kier alpha value is -0.680. The third-order valence-electron chi connectivity index (χ3n) is 2.55. The van der Waals surface area contributed by atoms with Crippen LogP contribution in [0.25, 0.3) is 0 Å². The van der Waals surface area contributed by atoms with E-state index < -0.39 is 0 Å². The normalized spacial score (nSPS) is 12.7. The first-order chi connectivity index (χ1) is 8.63. The minimum atomic E-state index is -0.294. The van der Waals surface area contributed by atoms with Crippen LogP contribution >= 0.6 is 11.6 Å². The van der Waals surface area contributed by atoms with Crippen LogP contribution in [-0.2, 0) is 15.9 Å². The molecule has 3 nitrogen and oxygen atoms in total. The lowest BCUT2D eigenvalue weighted by Crippen LogP contribution is -2.25. The van der Waals surface area contributed by atoms with Crippen LogP contribution in [-0.4, -0.2) is 33.0 Å². The van der Waals surface area contributed by atoms with E-state index in [4.69, 9.17) is 26.8 Å². The molecule has 1 atom stereocenters. The lowest BCUT2D eigenvalue weighted by Gasteiger charge is -2.13. The highest BCUT2D eigenvalue weighted by Crippen LogP contribution is 2.18. The van der Waals surface area contributed by atoms with Gasteiger partial charge in [-0.15, -0.1) is 0 Å². The molecule has 0 heterocycles. The fourth-order valence-corrected chi connectivity index (χ4v) is 1.76. The molecule has 1 unspecified atom stereocenters. The predicted molar refractivity (Wildman–Crippen MR) is 70.4 cm³/mol. The summed E-state index contributed by atoms with van der Waals surface area (Å²) in [6, 6.07) is 4.22. The van der Waals surface area contributed by atoms with E-state index in [-0.39, 0.29) is 11.9 Å². The molecular weight excluding hydrogens is 257 g/mol. The van der Waals surface area contributed by atoms with Crippen molar-refractivity contribution in [1.29, 1.82) is 0 Å². The Labute approximate surface area is 112 Å². The molecule has 1 aromatic carbocycles. The molecule has 0 saturated heterocycles. The van der Waals surface area contributed by atoms with E-state index in [9.17, 15) is 4.39 Å². The molecule has 18 heavy (non-hydrogen) atoms. The third-order valence-corrected chi connectivity index (χ3v) is 2.92. The van der Waals surface area contributed by atoms with Crippen molar-refractivity contribution in [3.8, 4) is 0 Å². The number of methoxy groups -OCH3 is 1. The van der Waals surface area contributed by atoms with Crippen molar-refractivity contribution in [3.63, 3.8) is 0 Å². The highest BCUT2D eigenvalue weighted by Gasteiger charge is 2.08. The molecule has 0 saturated carbocycles. The zero-order chi connectivity index (χ0) is 13.4. The summed E-state index contributed by atoms with van der Waals surface area (Å²) in [6.07, 6.45) is 1.25. The van der Waals surface area contributed by atoms with Crippen molar-refractivity contribution < 1.29 is 13.9 Å². The number of halogens is 2. The van der Waals surface area contributed by atoms with Crippen LogP contribution in [0.5, 0.6) is 0 Å². The lowest BCUT2D eigenvalue weighted by molar-refractivity contribution is 0.0672. The summed E-state index contributed by atoms with van der Waals surface area (Å²) >= 11 is 5.97. The minimum absolute atomic E-state index is 0.0909. The standard InChI is InChI=1S/C13H19ClFNO2/c1-17-6-7-18-5-4-12(16)9-10-8-11(15)2-3-13(10)14/h2-3,8,12H,4-7,9,16H2,1H3. The zero-order valence-electron chi connectivity index (χ0n) is 10.5. The molecule has 1 aromatic rings. The Morgan fingerprint density at radius 2 is 2.11 bits per heavy atom. The highest BCUT2D eigenvalue weighted by molar-refractivity contribution is 6.31. The van der Waals surface area contributed by atoms with E-state index in [0.29, 0.717) is 37.7 Å². The van der Waals surface area contributed by atoms with Crippen LogP contribution in [0.2, 0.25) is 5.02 Å². The summed E-state index contributed by atoms with van der Waals surface area (Å²) in [4.78, 5) is 0.